The van der Waals surface area contributed by atoms with Crippen LogP contribution in [0.4, 0.5) is 5.69 Å². The van der Waals surface area contributed by atoms with E-state index in [9.17, 15) is 9.59 Å². The number of amides is 1. The second kappa shape index (κ2) is 6.26. The molecule has 4 nitrogen and oxygen atoms in total. The minimum Gasteiger partial charge on any atom is -0.337 e. The molecule has 0 atom stereocenters. The predicted molar refractivity (Wildman–Crippen MR) is 92.1 cm³/mol. The van der Waals surface area contributed by atoms with Crippen LogP contribution in [0.15, 0.2) is 48.7 Å². The molecule has 0 aliphatic rings. The van der Waals surface area contributed by atoms with Crippen molar-refractivity contribution in [2.75, 3.05) is 5.32 Å². The van der Waals surface area contributed by atoms with Crippen molar-refractivity contribution in [3.63, 3.8) is 0 Å². The average molecular weight is 327 g/mol. The third-order valence-corrected chi connectivity index (χ3v) is 3.97. The van der Waals surface area contributed by atoms with Crippen molar-refractivity contribution in [2.45, 2.75) is 13.5 Å². The van der Waals surface area contributed by atoms with E-state index in [2.05, 4.69) is 5.32 Å². The molecular formula is C18H15ClN2O2. The van der Waals surface area contributed by atoms with Gasteiger partial charge in [-0.3, -0.25) is 9.59 Å². The molecule has 0 unspecified atom stereocenters. The highest BCUT2D eigenvalue weighted by Gasteiger charge is 2.11. The van der Waals surface area contributed by atoms with Gasteiger partial charge in [-0.05, 0) is 30.7 Å². The molecule has 2 aromatic carbocycles. The summed E-state index contributed by atoms with van der Waals surface area (Å²) in [5.74, 6) is -0.200. The Labute approximate surface area is 138 Å². The maximum Gasteiger partial charge on any atom is 0.244 e. The van der Waals surface area contributed by atoms with Crippen LogP contribution in [0.1, 0.15) is 15.9 Å². The van der Waals surface area contributed by atoms with Gasteiger partial charge in [0.2, 0.25) is 5.91 Å². The number of aromatic nitrogens is 1. The summed E-state index contributed by atoms with van der Waals surface area (Å²) in [6.45, 7) is 2.04. The van der Waals surface area contributed by atoms with Crippen molar-refractivity contribution in [3.8, 4) is 0 Å². The van der Waals surface area contributed by atoms with E-state index in [-0.39, 0.29) is 12.5 Å². The number of carbonyl (C=O) groups excluding carboxylic acids is 2. The first kappa shape index (κ1) is 15.3. The monoisotopic (exact) mass is 326 g/mol. The molecular weight excluding hydrogens is 312 g/mol. The van der Waals surface area contributed by atoms with E-state index >= 15 is 0 Å². The van der Waals surface area contributed by atoms with Gasteiger partial charge in [-0.25, -0.2) is 0 Å². The first-order valence-electron chi connectivity index (χ1n) is 7.17. The number of para-hydroxylation sites is 1. The van der Waals surface area contributed by atoms with Gasteiger partial charge in [0, 0.05) is 22.7 Å². The molecule has 0 fully saturated rings. The second-order valence-electron chi connectivity index (χ2n) is 5.38. The summed E-state index contributed by atoms with van der Waals surface area (Å²) in [6, 6.07) is 13.0. The molecule has 1 heterocycles. The van der Waals surface area contributed by atoms with Gasteiger partial charge in [-0.2, -0.15) is 0 Å². The van der Waals surface area contributed by atoms with Gasteiger partial charge in [0.15, 0.2) is 6.29 Å². The number of nitrogens with zero attached hydrogens (tertiary/aromatic N) is 1. The van der Waals surface area contributed by atoms with Gasteiger partial charge >= 0.3 is 0 Å². The molecule has 5 heteroatoms. The fourth-order valence-corrected chi connectivity index (χ4v) is 2.85. The fraction of sp³-hybridized carbons (Fsp3) is 0.111. The zero-order valence-electron chi connectivity index (χ0n) is 12.5. The van der Waals surface area contributed by atoms with Crippen molar-refractivity contribution in [1.82, 2.24) is 4.57 Å². The molecule has 3 aromatic rings. The molecule has 1 aromatic heterocycles. The van der Waals surface area contributed by atoms with Gasteiger partial charge in [0.25, 0.3) is 0 Å². The van der Waals surface area contributed by atoms with Gasteiger partial charge in [0.1, 0.15) is 6.54 Å². The highest BCUT2D eigenvalue weighted by molar-refractivity contribution is 6.33. The Kier molecular flexibility index (Phi) is 4.17. The van der Waals surface area contributed by atoms with E-state index in [1.807, 2.05) is 37.3 Å². The van der Waals surface area contributed by atoms with Crippen LogP contribution in [0.2, 0.25) is 5.02 Å². The topological polar surface area (TPSA) is 51.1 Å². The number of fused-ring (bicyclic) bond motifs is 1. The van der Waals surface area contributed by atoms with Gasteiger partial charge < -0.3 is 9.88 Å². The van der Waals surface area contributed by atoms with Gasteiger partial charge in [0.05, 0.1) is 10.7 Å². The number of rotatable bonds is 4. The zero-order valence-corrected chi connectivity index (χ0v) is 13.3. The lowest BCUT2D eigenvalue weighted by atomic mass is 10.2. The molecule has 0 radical (unpaired) electrons. The highest BCUT2D eigenvalue weighted by atomic mass is 35.5. The largest absolute Gasteiger partial charge is 0.337 e. The van der Waals surface area contributed by atoms with Crippen molar-refractivity contribution >= 4 is 40.4 Å². The zero-order chi connectivity index (χ0) is 16.4. The molecule has 0 saturated carbocycles. The van der Waals surface area contributed by atoms with Gasteiger partial charge in [-0.1, -0.05) is 35.9 Å². The maximum absolute atomic E-state index is 12.3. The number of aryl methyl sites for hydroxylation is 1. The normalized spacial score (nSPS) is 10.7. The van der Waals surface area contributed by atoms with E-state index in [1.54, 1.807) is 22.9 Å². The number of aldehydes is 1. The van der Waals surface area contributed by atoms with Crippen LogP contribution >= 0.6 is 11.6 Å². The summed E-state index contributed by atoms with van der Waals surface area (Å²) >= 11 is 6.13. The molecule has 23 heavy (non-hydrogen) atoms. The van der Waals surface area contributed by atoms with Crippen LogP contribution in [-0.4, -0.2) is 16.8 Å². The number of hydrogen-bond donors (Lipinski definition) is 1. The quantitative estimate of drug-likeness (QED) is 0.735. The lowest BCUT2D eigenvalue weighted by molar-refractivity contribution is -0.116. The summed E-state index contributed by atoms with van der Waals surface area (Å²) in [6.07, 6.45) is 2.49. The van der Waals surface area contributed by atoms with E-state index in [0.717, 1.165) is 22.8 Å². The fourth-order valence-electron chi connectivity index (χ4n) is 2.57. The van der Waals surface area contributed by atoms with E-state index < -0.39 is 0 Å². The highest BCUT2D eigenvalue weighted by Crippen LogP contribution is 2.23. The van der Waals surface area contributed by atoms with E-state index in [0.29, 0.717) is 16.3 Å². The van der Waals surface area contributed by atoms with Crippen LogP contribution < -0.4 is 5.32 Å². The first-order chi connectivity index (χ1) is 11.1. The Balaban J connectivity index is 1.84. The molecule has 0 saturated heterocycles. The SMILES string of the molecule is Cc1ccc(NC(=O)Cn2cc(C=O)c3ccccc32)c(Cl)c1. The third-order valence-electron chi connectivity index (χ3n) is 3.66. The number of nitrogens with one attached hydrogen (secondary N) is 1. The molecule has 116 valence electrons. The Morgan fingerprint density at radius 2 is 2.04 bits per heavy atom. The van der Waals surface area contributed by atoms with Crippen LogP contribution in [0.5, 0.6) is 0 Å². The first-order valence-corrected chi connectivity index (χ1v) is 7.55. The number of benzene rings is 2. The minimum absolute atomic E-state index is 0.110. The van der Waals surface area contributed by atoms with Crippen molar-refractivity contribution in [1.29, 1.82) is 0 Å². The number of halogens is 1. The summed E-state index contributed by atoms with van der Waals surface area (Å²) < 4.78 is 1.76. The Bertz CT molecular complexity index is 899. The summed E-state index contributed by atoms with van der Waals surface area (Å²) in [5, 5.41) is 4.14. The molecule has 3 rings (SSSR count). The standard InChI is InChI=1S/C18H15ClN2O2/c1-12-6-7-16(15(19)8-12)20-18(23)10-21-9-13(11-22)14-4-2-3-5-17(14)21/h2-9,11H,10H2,1H3,(H,20,23). The summed E-state index contributed by atoms with van der Waals surface area (Å²) in [7, 11) is 0. The van der Waals surface area contributed by atoms with Crippen molar-refractivity contribution in [3.05, 3.63) is 64.8 Å². The summed E-state index contributed by atoms with van der Waals surface area (Å²) in [5.41, 5.74) is 3.02. The van der Waals surface area contributed by atoms with Crippen LogP contribution in [0, 0.1) is 6.92 Å². The molecule has 1 N–H and O–H groups in total. The van der Waals surface area contributed by atoms with Crippen LogP contribution in [-0.2, 0) is 11.3 Å². The summed E-state index contributed by atoms with van der Waals surface area (Å²) in [4.78, 5) is 23.4. The smallest absolute Gasteiger partial charge is 0.244 e. The van der Waals surface area contributed by atoms with E-state index in [4.69, 9.17) is 11.6 Å². The predicted octanol–water partition coefficient (Wildman–Crippen LogP) is 4.05. The Morgan fingerprint density at radius 3 is 2.78 bits per heavy atom. The number of carbonyl (C=O) groups is 2. The Morgan fingerprint density at radius 1 is 1.26 bits per heavy atom. The minimum atomic E-state index is -0.200. The maximum atomic E-state index is 12.3. The lowest BCUT2D eigenvalue weighted by Crippen LogP contribution is -2.18. The van der Waals surface area contributed by atoms with Crippen molar-refractivity contribution < 1.29 is 9.59 Å². The Hall–Kier alpha value is -2.59. The molecule has 0 aliphatic carbocycles. The molecule has 0 spiro atoms. The number of hydrogen-bond acceptors (Lipinski definition) is 2. The average Bonchev–Trinajstić information content (AvgIpc) is 2.88. The molecule has 1 amide bonds. The molecule has 0 bridgehead atoms. The second-order valence-corrected chi connectivity index (χ2v) is 5.79. The van der Waals surface area contributed by atoms with Crippen LogP contribution in [0.3, 0.4) is 0 Å². The molecule has 0 aliphatic heterocycles. The van der Waals surface area contributed by atoms with Gasteiger partial charge in [-0.15, -0.1) is 0 Å². The lowest BCUT2D eigenvalue weighted by Gasteiger charge is -2.09. The number of anilines is 1. The van der Waals surface area contributed by atoms with Crippen LogP contribution in [0.25, 0.3) is 10.9 Å². The van der Waals surface area contributed by atoms with Crippen molar-refractivity contribution in [2.24, 2.45) is 0 Å². The van der Waals surface area contributed by atoms with E-state index in [1.165, 1.54) is 0 Å². The third kappa shape index (κ3) is 3.12.